The molecule has 2 heterocycles. The molecule has 0 fully saturated rings. The second kappa shape index (κ2) is 11.1. The summed E-state index contributed by atoms with van der Waals surface area (Å²) in [4.78, 5) is 35.7. The predicted octanol–water partition coefficient (Wildman–Crippen LogP) is 3.92. The monoisotopic (exact) mass is 567 g/mol. The number of nitrogens with one attached hydrogen (secondary N) is 2. The van der Waals surface area contributed by atoms with Gasteiger partial charge in [0.1, 0.15) is 11.7 Å². The van der Waals surface area contributed by atoms with E-state index < -0.39 is 33.7 Å². The third kappa shape index (κ3) is 6.87. The Balaban J connectivity index is 1.81. The fraction of sp³-hybridized carbons (Fsp3) is 0.357. The van der Waals surface area contributed by atoms with E-state index in [-0.39, 0.29) is 35.4 Å². The third-order valence-electron chi connectivity index (χ3n) is 6.04. The molecule has 212 valence electrons. The molecule has 2 aromatic carbocycles. The number of aromatic nitrogens is 2. The average Bonchev–Trinajstić information content (AvgIpc) is 2.85. The molecule has 2 amide bonds. The Labute approximate surface area is 234 Å². The van der Waals surface area contributed by atoms with Crippen LogP contribution in [-0.4, -0.2) is 67.1 Å². The summed E-state index contributed by atoms with van der Waals surface area (Å²) < 4.78 is 40.5. The van der Waals surface area contributed by atoms with Gasteiger partial charge >= 0.3 is 6.09 Å². The van der Waals surface area contributed by atoms with Gasteiger partial charge in [-0.3, -0.25) is 4.79 Å². The molecule has 1 aliphatic rings. The van der Waals surface area contributed by atoms with Crippen LogP contribution in [0.15, 0.2) is 53.4 Å². The molecule has 0 spiro atoms. The van der Waals surface area contributed by atoms with E-state index in [4.69, 9.17) is 9.47 Å². The maximum Gasteiger partial charge on any atom is 0.407 e. The van der Waals surface area contributed by atoms with Crippen LogP contribution in [0, 0.1) is 13.8 Å². The third-order valence-corrected chi connectivity index (χ3v) is 7.37. The Morgan fingerprint density at radius 1 is 1.12 bits per heavy atom. The van der Waals surface area contributed by atoms with Gasteiger partial charge in [0, 0.05) is 24.2 Å². The standard InChI is InChI=1S/C28H33N5O6S/c1-17-9-7-10-18(2)24(17)22-14-23-31-26(30-22)32-40(36,37)21-12-8-11-19(13-21)25(34)33(6)16-20(38-23)15-29-27(35)39-28(3,4)5/h7-14,20H,15-16H2,1-6H3,(H,29,35)(H,30,31,32). The van der Waals surface area contributed by atoms with Crippen molar-refractivity contribution in [3.63, 3.8) is 0 Å². The summed E-state index contributed by atoms with van der Waals surface area (Å²) in [6, 6.07) is 13.1. The van der Waals surface area contributed by atoms with Crippen molar-refractivity contribution < 1.29 is 27.5 Å². The lowest BCUT2D eigenvalue weighted by Crippen LogP contribution is -2.45. The molecule has 0 saturated heterocycles. The molecule has 4 rings (SSSR count). The smallest absolute Gasteiger partial charge is 0.407 e. The number of amides is 2. The fourth-order valence-corrected chi connectivity index (χ4v) is 5.28. The number of likely N-dealkylation sites (N-methyl/N-ethyl adjacent to an activating group) is 1. The van der Waals surface area contributed by atoms with Crippen molar-refractivity contribution in [1.29, 1.82) is 0 Å². The van der Waals surface area contributed by atoms with Crippen molar-refractivity contribution in [2.24, 2.45) is 0 Å². The van der Waals surface area contributed by atoms with E-state index in [0.717, 1.165) is 16.7 Å². The van der Waals surface area contributed by atoms with E-state index in [1.54, 1.807) is 33.9 Å². The highest BCUT2D eigenvalue weighted by Gasteiger charge is 2.26. The number of carbonyl (C=O) groups excluding carboxylic acids is 2. The van der Waals surface area contributed by atoms with Crippen molar-refractivity contribution in [3.05, 3.63) is 65.2 Å². The molecule has 2 N–H and O–H groups in total. The largest absolute Gasteiger partial charge is 0.470 e. The summed E-state index contributed by atoms with van der Waals surface area (Å²) in [5.41, 5.74) is 2.58. The molecule has 12 heteroatoms. The maximum atomic E-state index is 13.3. The van der Waals surface area contributed by atoms with Gasteiger partial charge < -0.3 is 19.7 Å². The summed E-state index contributed by atoms with van der Waals surface area (Å²) in [7, 11) is -2.58. The van der Waals surface area contributed by atoms with Crippen molar-refractivity contribution in [2.45, 2.75) is 51.2 Å². The van der Waals surface area contributed by atoms with E-state index in [1.807, 2.05) is 32.0 Å². The van der Waals surface area contributed by atoms with Crippen LogP contribution in [0.5, 0.6) is 5.88 Å². The molecule has 0 radical (unpaired) electrons. The van der Waals surface area contributed by atoms with Gasteiger partial charge in [-0.15, -0.1) is 0 Å². The second-order valence-electron chi connectivity index (χ2n) is 10.6. The molecule has 0 aliphatic carbocycles. The summed E-state index contributed by atoms with van der Waals surface area (Å²) >= 11 is 0. The van der Waals surface area contributed by atoms with Crippen LogP contribution < -0.4 is 14.8 Å². The van der Waals surface area contributed by atoms with E-state index in [2.05, 4.69) is 20.0 Å². The minimum absolute atomic E-state index is 0.0175. The SMILES string of the molecule is Cc1cccc(C)c1-c1cc2nc(n1)NS(=O)(=O)c1cccc(c1)C(=O)N(C)CC(CNC(=O)OC(C)(C)C)O2. The molecule has 0 saturated carbocycles. The Morgan fingerprint density at radius 2 is 1.80 bits per heavy atom. The molecule has 1 unspecified atom stereocenters. The van der Waals surface area contributed by atoms with Crippen molar-refractivity contribution in [2.75, 3.05) is 24.9 Å². The number of rotatable bonds is 3. The lowest BCUT2D eigenvalue weighted by atomic mass is 10.00. The molecule has 3 aromatic rings. The van der Waals surface area contributed by atoms with Gasteiger partial charge in [0.25, 0.3) is 15.9 Å². The maximum absolute atomic E-state index is 13.3. The Morgan fingerprint density at radius 3 is 2.48 bits per heavy atom. The Bertz CT molecular complexity index is 1530. The lowest BCUT2D eigenvalue weighted by molar-refractivity contribution is 0.0483. The predicted molar refractivity (Wildman–Crippen MR) is 150 cm³/mol. The van der Waals surface area contributed by atoms with Gasteiger partial charge in [0.05, 0.1) is 23.7 Å². The number of nitrogens with zero attached hydrogens (tertiary/aromatic N) is 3. The molecular formula is C28H33N5O6S. The first kappa shape index (κ1) is 28.8. The summed E-state index contributed by atoms with van der Waals surface area (Å²) in [5.74, 6) is -0.553. The number of fused-ring (bicyclic) bond motifs is 4. The number of hydrogen-bond donors (Lipinski definition) is 2. The number of alkyl carbamates (subject to hydrolysis) is 1. The zero-order chi connectivity index (χ0) is 29.2. The molecule has 1 aromatic heterocycles. The van der Waals surface area contributed by atoms with Crippen LogP contribution >= 0.6 is 0 Å². The number of hydrogen-bond acceptors (Lipinski definition) is 8. The molecular weight excluding hydrogens is 534 g/mol. The highest BCUT2D eigenvalue weighted by Crippen LogP contribution is 2.30. The molecule has 40 heavy (non-hydrogen) atoms. The quantitative estimate of drug-likeness (QED) is 0.485. The van der Waals surface area contributed by atoms with E-state index in [9.17, 15) is 18.0 Å². The average molecular weight is 568 g/mol. The number of ether oxygens (including phenoxy) is 2. The van der Waals surface area contributed by atoms with Crippen LogP contribution in [0.1, 0.15) is 42.3 Å². The van der Waals surface area contributed by atoms with Crippen LogP contribution in [-0.2, 0) is 14.8 Å². The van der Waals surface area contributed by atoms with Crippen LogP contribution in [0.25, 0.3) is 11.3 Å². The zero-order valence-corrected chi connectivity index (χ0v) is 24.1. The minimum atomic E-state index is -4.15. The first-order valence-electron chi connectivity index (χ1n) is 12.7. The summed E-state index contributed by atoms with van der Waals surface area (Å²) in [6.07, 6.45) is -1.41. The van der Waals surface area contributed by atoms with Crippen molar-refractivity contribution in [1.82, 2.24) is 20.2 Å². The Kier molecular flexibility index (Phi) is 8.01. The van der Waals surface area contributed by atoms with Crippen molar-refractivity contribution in [3.8, 4) is 17.1 Å². The van der Waals surface area contributed by atoms with Gasteiger partial charge in [-0.25, -0.2) is 22.9 Å². The van der Waals surface area contributed by atoms with Crippen molar-refractivity contribution >= 4 is 28.0 Å². The van der Waals surface area contributed by atoms with Gasteiger partial charge in [-0.2, -0.15) is 4.98 Å². The normalized spacial score (nSPS) is 16.9. The minimum Gasteiger partial charge on any atom is -0.470 e. The summed E-state index contributed by atoms with van der Waals surface area (Å²) in [5, 5.41) is 2.68. The molecule has 1 aliphatic heterocycles. The van der Waals surface area contributed by atoms with Crippen LogP contribution in [0.2, 0.25) is 0 Å². The molecule has 11 nitrogen and oxygen atoms in total. The van der Waals surface area contributed by atoms with E-state index >= 15 is 0 Å². The first-order valence-corrected chi connectivity index (χ1v) is 14.2. The van der Waals surface area contributed by atoms with Gasteiger partial charge in [0.15, 0.2) is 0 Å². The topological polar surface area (TPSA) is 140 Å². The van der Waals surface area contributed by atoms with Crippen LogP contribution in [0.4, 0.5) is 10.7 Å². The van der Waals surface area contributed by atoms with E-state index in [0.29, 0.717) is 5.69 Å². The molecule has 4 bridgehead atoms. The lowest BCUT2D eigenvalue weighted by Gasteiger charge is -2.26. The van der Waals surface area contributed by atoms with Crippen LogP contribution in [0.3, 0.4) is 0 Å². The molecule has 1 atom stereocenters. The van der Waals surface area contributed by atoms with Gasteiger partial charge in [-0.1, -0.05) is 24.3 Å². The number of sulfonamides is 1. The first-order chi connectivity index (χ1) is 18.7. The zero-order valence-electron chi connectivity index (χ0n) is 23.3. The van der Waals surface area contributed by atoms with E-state index in [1.165, 1.54) is 29.2 Å². The number of benzene rings is 2. The Hall–Kier alpha value is -4.19. The fourth-order valence-electron chi connectivity index (χ4n) is 4.29. The summed E-state index contributed by atoms with van der Waals surface area (Å²) in [6.45, 7) is 9.14. The van der Waals surface area contributed by atoms with Gasteiger partial charge in [0.2, 0.25) is 11.8 Å². The van der Waals surface area contributed by atoms with Gasteiger partial charge in [-0.05, 0) is 63.9 Å². The number of aryl methyl sites for hydroxylation is 2. The highest BCUT2D eigenvalue weighted by molar-refractivity contribution is 7.92. The highest BCUT2D eigenvalue weighted by atomic mass is 32.2. The number of anilines is 1. The number of carbonyl (C=O) groups is 2. The second-order valence-corrected chi connectivity index (χ2v) is 12.3.